The van der Waals surface area contributed by atoms with Gasteiger partial charge in [0.05, 0.1) is 5.71 Å². The van der Waals surface area contributed by atoms with Crippen molar-refractivity contribution in [2.45, 2.75) is 13.3 Å². The normalized spacial score (nSPS) is 11.3. The van der Waals surface area contributed by atoms with E-state index >= 15 is 0 Å². The maximum absolute atomic E-state index is 12.0. The molecule has 7 heteroatoms. The predicted molar refractivity (Wildman–Crippen MR) is 87.2 cm³/mol. The van der Waals surface area contributed by atoms with E-state index in [0.717, 1.165) is 17.7 Å². The van der Waals surface area contributed by atoms with Crippen molar-refractivity contribution < 1.29 is 20.1 Å². The number of hydrogen-bond acceptors (Lipinski definition) is 5. The van der Waals surface area contributed by atoms with Gasteiger partial charge in [-0.3, -0.25) is 4.79 Å². The largest absolute Gasteiger partial charge is 0.504 e. The SMILES string of the molecule is CCC(=NNC(=O)c1cc(O)c(O)c(O)c1)c1ccc(Cl)cc1. The zero-order valence-corrected chi connectivity index (χ0v) is 13.0. The molecule has 23 heavy (non-hydrogen) atoms. The summed E-state index contributed by atoms with van der Waals surface area (Å²) in [5.74, 6) is -2.49. The number of phenols is 3. The highest BCUT2D eigenvalue weighted by Crippen LogP contribution is 2.35. The van der Waals surface area contributed by atoms with Crippen LogP contribution in [0.1, 0.15) is 29.3 Å². The fourth-order valence-corrected chi connectivity index (χ4v) is 2.03. The van der Waals surface area contributed by atoms with Gasteiger partial charge in [-0.05, 0) is 36.2 Å². The van der Waals surface area contributed by atoms with Gasteiger partial charge in [0.15, 0.2) is 17.2 Å². The van der Waals surface area contributed by atoms with Crippen LogP contribution < -0.4 is 5.43 Å². The van der Waals surface area contributed by atoms with Crippen molar-refractivity contribution in [3.8, 4) is 17.2 Å². The predicted octanol–water partition coefficient (Wildman–Crippen LogP) is 3.00. The van der Waals surface area contributed by atoms with E-state index < -0.39 is 23.2 Å². The molecule has 0 saturated heterocycles. The summed E-state index contributed by atoms with van der Waals surface area (Å²) < 4.78 is 0. The minimum Gasteiger partial charge on any atom is -0.504 e. The van der Waals surface area contributed by atoms with Crippen LogP contribution in [-0.4, -0.2) is 26.9 Å². The molecular weight excluding hydrogens is 320 g/mol. The Morgan fingerprint density at radius 2 is 1.65 bits per heavy atom. The van der Waals surface area contributed by atoms with Gasteiger partial charge < -0.3 is 15.3 Å². The number of aromatic hydroxyl groups is 3. The van der Waals surface area contributed by atoms with Gasteiger partial charge >= 0.3 is 0 Å². The number of hydrogen-bond donors (Lipinski definition) is 4. The second-order valence-electron chi connectivity index (χ2n) is 4.72. The van der Waals surface area contributed by atoms with E-state index in [0.29, 0.717) is 17.2 Å². The number of hydrazone groups is 1. The number of phenolic OH excluding ortho intramolecular Hbond substituents is 3. The van der Waals surface area contributed by atoms with Crippen LogP contribution in [-0.2, 0) is 0 Å². The van der Waals surface area contributed by atoms with E-state index in [9.17, 15) is 20.1 Å². The molecule has 4 N–H and O–H groups in total. The van der Waals surface area contributed by atoms with Gasteiger partial charge in [0.2, 0.25) is 0 Å². The summed E-state index contributed by atoms with van der Waals surface area (Å²) in [6.45, 7) is 1.89. The van der Waals surface area contributed by atoms with Crippen LogP contribution in [0.4, 0.5) is 0 Å². The lowest BCUT2D eigenvalue weighted by Gasteiger charge is -2.07. The fraction of sp³-hybridized carbons (Fsp3) is 0.125. The van der Waals surface area contributed by atoms with Crippen LogP contribution in [0.25, 0.3) is 0 Å². The van der Waals surface area contributed by atoms with Crippen LogP contribution in [0.3, 0.4) is 0 Å². The standard InChI is InChI=1S/C16H15ClN2O4/c1-2-12(9-3-5-11(17)6-4-9)18-19-16(23)10-7-13(20)15(22)14(21)8-10/h3-8,20-22H,2H2,1H3,(H,19,23). The summed E-state index contributed by atoms with van der Waals surface area (Å²) >= 11 is 5.83. The Bertz CT molecular complexity index is 734. The molecule has 2 aromatic carbocycles. The summed E-state index contributed by atoms with van der Waals surface area (Å²) in [6, 6.07) is 9.09. The second-order valence-corrected chi connectivity index (χ2v) is 5.16. The summed E-state index contributed by atoms with van der Waals surface area (Å²) in [5, 5.41) is 32.8. The highest BCUT2D eigenvalue weighted by molar-refractivity contribution is 6.30. The molecule has 0 aromatic heterocycles. The molecule has 0 bridgehead atoms. The van der Waals surface area contributed by atoms with Crippen molar-refractivity contribution in [2.24, 2.45) is 5.10 Å². The molecule has 2 rings (SSSR count). The van der Waals surface area contributed by atoms with E-state index in [4.69, 9.17) is 11.6 Å². The molecule has 0 radical (unpaired) electrons. The first kappa shape index (κ1) is 16.6. The first-order valence-corrected chi connectivity index (χ1v) is 7.18. The van der Waals surface area contributed by atoms with Gasteiger partial charge in [0, 0.05) is 10.6 Å². The van der Waals surface area contributed by atoms with E-state index in [-0.39, 0.29) is 5.56 Å². The van der Waals surface area contributed by atoms with Gasteiger partial charge in [-0.25, -0.2) is 5.43 Å². The number of amides is 1. The third-order valence-electron chi connectivity index (χ3n) is 3.14. The lowest BCUT2D eigenvalue weighted by Crippen LogP contribution is -2.20. The first-order valence-electron chi connectivity index (χ1n) is 6.80. The number of carbonyl (C=O) groups is 1. The summed E-state index contributed by atoms with van der Waals surface area (Å²) in [5.41, 5.74) is 3.77. The molecule has 0 unspecified atom stereocenters. The number of nitrogens with zero attached hydrogens (tertiary/aromatic N) is 1. The maximum Gasteiger partial charge on any atom is 0.271 e. The third-order valence-corrected chi connectivity index (χ3v) is 3.39. The van der Waals surface area contributed by atoms with Gasteiger partial charge in [0.1, 0.15) is 0 Å². The Morgan fingerprint density at radius 1 is 1.09 bits per heavy atom. The summed E-state index contributed by atoms with van der Waals surface area (Å²) in [4.78, 5) is 12.0. The molecule has 2 aromatic rings. The maximum atomic E-state index is 12.0. The average molecular weight is 335 g/mol. The van der Waals surface area contributed by atoms with Crippen molar-refractivity contribution in [1.29, 1.82) is 0 Å². The topological polar surface area (TPSA) is 102 Å². The molecule has 0 atom stereocenters. The van der Waals surface area contributed by atoms with Crippen LogP contribution >= 0.6 is 11.6 Å². The quantitative estimate of drug-likeness (QED) is 0.392. The smallest absolute Gasteiger partial charge is 0.271 e. The van der Waals surface area contributed by atoms with Gasteiger partial charge in [0.25, 0.3) is 5.91 Å². The fourth-order valence-electron chi connectivity index (χ4n) is 1.91. The Kier molecular flexibility index (Phi) is 5.08. The number of benzene rings is 2. The highest BCUT2D eigenvalue weighted by atomic mass is 35.5. The third kappa shape index (κ3) is 3.92. The Labute approximate surface area is 137 Å². The minimum atomic E-state index is -0.680. The van der Waals surface area contributed by atoms with Crippen molar-refractivity contribution >= 4 is 23.2 Å². The van der Waals surface area contributed by atoms with Crippen molar-refractivity contribution in [3.05, 3.63) is 52.5 Å². The Hall–Kier alpha value is -2.73. The number of nitrogens with one attached hydrogen (secondary N) is 1. The summed E-state index contributed by atoms with van der Waals surface area (Å²) in [7, 11) is 0. The Balaban J connectivity index is 2.20. The van der Waals surface area contributed by atoms with E-state index in [1.807, 2.05) is 6.92 Å². The molecule has 1 amide bonds. The molecule has 0 saturated carbocycles. The number of halogens is 1. The van der Waals surface area contributed by atoms with E-state index in [1.54, 1.807) is 24.3 Å². The molecule has 0 aliphatic heterocycles. The molecule has 0 heterocycles. The Morgan fingerprint density at radius 3 is 2.17 bits per heavy atom. The molecule has 0 fully saturated rings. The highest BCUT2D eigenvalue weighted by Gasteiger charge is 2.13. The zero-order valence-electron chi connectivity index (χ0n) is 12.2. The van der Waals surface area contributed by atoms with E-state index in [1.165, 1.54) is 0 Å². The molecule has 0 spiro atoms. The van der Waals surface area contributed by atoms with Crippen LogP contribution in [0.15, 0.2) is 41.5 Å². The van der Waals surface area contributed by atoms with Gasteiger partial charge in [-0.2, -0.15) is 5.10 Å². The van der Waals surface area contributed by atoms with Crippen LogP contribution in [0.5, 0.6) is 17.2 Å². The lowest BCUT2D eigenvalue weighted by molar-refractivity contribution is 0.0954. The van der Waals surface area contributed by atoms with Crippen molar-refractivity contribution in [2.75, 3.05) is 0 Å². The molecular formula is C16H15ClN2O4. The number of rotatable bonds is 4. The molecule has 0 aliphatic rings. The van der Waals surface area contributed by atoms with E-state index in [2.05, 4.69) is 10.5 Å². The van der Waals surface area contributed by atoms with Crippen LogP contribution in [0, 0.1) is 0 Å². The summed E-state index contributed by atoms with van der Waals surface area (Å²) in [6.07, 6.45) is 0.577. The van der Waals surface area contributed by atoms with Crippen molar-refractivity contribution in [1.82, 2.24) is 5.43 Å². The monoisotopic (exact) mass is 334 g/mol. The molecule has 0 aliphatic carbocycles. The van der Waals surface area contributed by atoms with Gasteiger partial charge in [-0.1, -0.05) is 30.7 Å². The second kappa shape index (κ2) is 7.02. The minimum absolute atomic E-state index is 0.0342. The first-order chi connectivity index (χ1) is 10.9. The molecule has 6 nitrogen and oxygen atoms in total. The zero-order chi connectivity index (χ0) is 17.0. The average Bonchev–Trinajstić information content (AvgIpc) is 2.54. The number of carbonyl (C=O) groups excluding carboxylic acids is 1. The van der Waals surface area contributed by atoms with Crippen LogP contribution in [0.2, 0.25) is 5.02 Å². The van der Waals surface area contributed by atoms with Crippen molar-refractivity contribution in [3.63, 3.8) is 0 Å². The lowest BCUT2D eigenvalue weighted by atomic mass is 10.1. The molecule has 120 valence electrons. The van der Waals surface area contributed by atoms with Gasteiger partial charge in [-0.15, -0.1) is 0 Å².